The molecule has 138 valence electrons. The Hall–Kier alpha value is -3.42. The lowest BCUT2D eigenvalue weighted by molar-refractivity contribution is 0.252. The topological polar surface area (TPSA) is 129 Å². The van der Waals surface area contributed by atoms with Gasteiger partial charge in [-0.05, 0) is 41.8 Å². The lowest BCUT2D eigenvalue weighted by atomic mass is 9.98. The number of methoxy groups -OCH3 is 1. The summed E-state index contributed by atoms with van der Waals surface area (Å²) in [5, 5.41) is 26.2. The molecule has 2 amide bonds. The molecule has 0 saturated heterocycles. The first-order valence-electron chi connectivity index (χ1n) is 7.92. The highest BCUT2D eigenvalue weighted by Gasteiger charge is 2.14. The lowest BCUT2D eigenvalue weighted by Gasteiger charge is -2.12. The highest BCUT2D eigenvalue weighted by Crippen LogP contribution is 2.31. The van der Waals surface area contributed by atoms with Crippen molar-refractivity contribution >= 4 is 17.6 Å². The molecule has 2 rings (SSSR count). The molecule has 0 unspecified atom stereocenters. The van der Waals surface area contributed by atoms with E-state index >= 15 is 0 Å². The number of nitrogens with two attached hydrogens (primary N) is 1. The van der Waals surface area contributed by atoms with Gasteiger partial charge in [0.05, 0.1) is 12.7 Å². The van der Waals surface area contributed by atoms with Gasteiger partial charge in [-0.3, -0.25) is 0 Å². The number of hydrogen-bond donors (Lipinski definition) is 5. The molecule has 0 aliphatic rings. The third-order valence-corrected chi connectivity index (χ3v) is 3.67. The number of amides is 2. The van der Waals surface area contributed by atoms with Gasteiger partial charge >= 0.3 is 6.03 Å². The molecule has 0 fully saturated rings. The van der Waals surface area contributed by atoms with Crippen molar-refractivity contribution in [2.75, 3.05) is 12.4 Å². The van der Waals surface area contributed by atoms with Gasteiger partial charge in [0, 0.05) is 11.8 Å². The molecular formula is C18H22N4O4. The van der Waals surface area contributed by atoms with E-state index in [0.717, 1.165) is 0 Å². The second-order valence-corrected chi connectivity index (χ2v) is 5.87. The monoisotopic (exact) mass is 358 g/mol. The first-order chi connectivity index (χ1) is 12.3. The van der Waals surface area contributed by atoms with Crippen molar-refractivity contribution in [3.05, 3.63) is 47.5 Å². The Kier molecular flexibility index (Phi) is 5.90. The molecule has 0 aromatic heterocycles. The molecule has 26 heavy (non-hydrogen) atoms. The van der Waals surface area contributed by atoms with Crippen molar-refractivity contribution in [2.24, 2.45) is 10.8 Å². The van der Waals surface area contributed by atoms with Crippen molar-refractivity contribution < 1.29 is 19.7 Å². The van der Waals surface area contributed by atoms with Crippen molar-refractivity contribution in [2.45, 2.75) is 19.8 Å². The summed E-state index contributed by atoms with van der Waals surface area (Å²) >= 11 is 0. The van der Waals surface area contributed by atoms with Gasteiger partial charge in [-0.25, -0.2) is 10.2 Å². The normalized spacial score (nSPS) is 11.3. The number of rotatable bonds is 5. The van der Waals surface area contributed by atoms with Crippen LogP contribution in [-0.4, -0.2) is 29.2 Å². The number of phenolic OH excluding ortho intramolecular Hbond substituents is 2. The number of carbonyl (C=O) groups excluding carboxylic acids is 1. The lowest BCUT2D eigenvalue weighted by Crippen LogP contribution is -2.28. The average Bonchev–Trinajstić information content (AvgIpc) is 2.60. The largest absolute Gasteiger partial charge is 0.508 e. The van der Waals surface area contributed by atoms with Crippen LogP contribution < -0.4 is 21.2 Å². The van der Waals surface area contributed by atoms with Crippen LogP contribution in [0.15, 0.2) is 41.5 Å². The van der Waals surface area contributed by atoms with Crippen LogP contribution in [0.5, 0.6) is 17.2 Å². The van der Waals surface area contributed by atoms with Crippen molar-refractivity contribution in [3.8, 4) is 17.2 Å². The smallest absolute Gasteiger partial charge is 0.339 e. The van der Waals surface area contributed by atoms with Crippen molar-refractivity contribution in [1.29, 1.82) is 0 Å². The van der Waals surface area contributed by atoms with Gasteiger partial charge < -0.3 is 26.0 Å². The summed E-state index contributed by atoms with van der Waals surface area (Å²) in [6.45, 7) is 3.79. The zero-order valence-electron chi connectivity index (χ0n) is 14.8. The number of anilines is 1. The zero-order chi connectivity index (χ0) is 19.3. The third kappa shape index (κ3) is 4.56. The second kappa shape index (κ2) is 8.11. The minimum Gasteiger partial charge on any atom is -0.508 e. The molecular weight excluding hydrogens is 336 g/mol. The Bertz CT molecular complexity index is 817. The summed E-state index contributed by atoms with van der Waals surface area (Å²) in [7, 11) is 1.55. The molecule has 8 nitrogen and oxygen atoms in total. The van der Waals surface area contributed by atoms with Gasteiger partial charge in [0.15, 0.2) is 5.84 Å². The fraction of sp³-hybridized carbons (Fsp3) is 0.222. The Labute approximate surface area is 151 Å². The minimum absolute atomic E-state index is 0.0217. The van der Waals surface area contributed by atoms with E-state index in [1.807, 2.05) is 13.8 Å². The molecule has 0 radical (unpaired) electrons. The van der Waals surface area contributed by atoms with E-state index in [0.29, 0.717) is 17.0 Å². The number of ether oxygens (including phenoxy) is 1. The number of nitrogens with one attached hydrogen (secondary N) is 2. The number of benzene rings is 2. The van der Waals surface area contributed by atoms with Crippen LogP contribution in [0.25, 0.3) is 0 Å². The number of aromatic hydroxyl groups is 2. The Morgan fingerprint density at radius 1 is 1.15 bits per heavy atom. The van der Waals surface area contributed by atoms with E-state index in [9.17, 15) is 15.0 Å². The number of hydrazone groups is 1. The molecule has 2 aromatic carbocycles. The first kappa shape index (κ1) is 18.9. The summed E-state index contributed by atoms with van der Waals surface area (Å²) in [5.41, 5.74) is 9.48. The molecule has 0 saturated carbocycles. The number of hydrogen-bond acceptors (Lipinski definition) is 5. The molecule has 0 aliphatic carbocycles. The summed E-state index contributed by atoms with van der Waals surface area (Å²) in [6.07, 6.45) is 0. The third-order valence-electron chi connectivity index (χ3n) is 3.67. The van der Waals surface area contributed by atoms with Gasteiger partial charge in [0.25, 0.3) is 0 Å². The predicted molar refractivity (Wildman–Crippen MR) is 99.7 cm³/mol. The summed E-state index contributed by atoms with van der Waals surface area (Å²) < 4.78 is 5.04. The number of phenols is 2. The Morgan fingerprint density at radius 2 is 1.81 bits per heavy atom. The fourth-order valence-electron chi connectivity index (χ4n) is 2.27. The number of urea groups is 1. The number of amidine groups is 1. The summed E-state index contributed by atoms with van der Waals surface area (Å²) in [6, 6.07) is 8.89. The van der Waals surface area contributed by atoms with Crippen molar-refractivity contribution in [3.63, 3.8) is 0 Å². The van der Waals surface area contributed by atoms with Gasteiger partial charge in [-0.2, -0.15) is 5.10 Å². The van der Waals surface area contributed by atoms with Crippen LogP contribution in [0.3, 0.4) is 0 Å². The van der Waals surface area contributed by atoms with E-state index in [1.165, 1.54) is 12.1 Å². The highest BCUT2D eigenvalue weighted by molar-refractivity contribution is 6.01. The average molecular weight is 358 g/mol. The molecule has 2 aromatic rings. The van der Waals surface area contributed by atoms with Crippen LogP contribution in [0.4, 0.5) is 10.5 Å². The Morgan fingerprint density at radius 3 is 2.38 bits per heavy atom. The zero-order valence-corrected chi connectivity index (χ0v) is 14.8. The van der Waals surface area contributed by atoms with E-state index in [-0.39, 0.29) is 28.8 Å². The van der Waals surface area contributed by atoms with Crippen LogP contribution in [0.1, 0.15) is 30.9 Å². The van der Waals surface area contributed by atoms with Gasteiger partial charge in [-0.15, -0.1) is 0 Å². The first-order valence-corrected chi connectivity index (χ1v) is 7.92. The molecule has 0 aliphatic heterocycles. The van der Waals surface area contributed by atoms with Gasteiger partial charge in [0.2, 0.25) is 0 Å². The van der Waals surface area contributed by atoms with Crippen LogP contribution in [0.2, 0.25) is 0 Å². The number of carbonyl (C=O) groups is 1. The molecule has 0 spiro atoms. The molecule has 0 bridgehead atoms. The minimum atomic E-state index is -0.597. The van der Waals surface area contributed by atoms with Gasteiger partial charge in [-0.1, -0.05) is 13.8 Å². The van der Waals surface area contributed by atoms with E-state index in [2.05, 4.69) is 15.8 Å². The van der Waals surface area contributed by atoms with E-state index in [4.69, 9.17) is 10.5 Å². The summed E-state index contributed by atoms with van der Waals surface area (Å²) in [4.78, 5) is 11.9. The molecule has 6 N–H and O–H groups in total. The standard InChI is InChI=1S/C18H22N4O4/c1-10(2)13-8-14(16(24)9-15(13)23)17(19)21-22-18(25)20-11-4-6-12(26-3)7-5-11/h4-10,23-24H,1-3H3,(H2,19,21)(H2,20,22,25). The molecule has 8 heteroatoms. The Balaban J connectivity index is 2.09. The van der Waals surface area contributed by atoms with Crippen molar-refractivity contribution in [1.82, 2.24) is 5.43 Å². The maximum atomic E-state index is 11.9. The maximum Gasteiger partial charge on any atom is 0.339 e. The van der Waals surface area contributed by atoms with E-state index < -0.39 is 6.03 Å². The SMILES string of the molecule is COc1ccc(NC(=O)N/N=C(\N)c2cc(C(C)C)c(O)cc2O)cc1. The van der Waals surface area contributed by atoms with Gasteiger partial charge in [0.1, 0.15) is 17.2 Å². The molecule has 0 heterocycles. The fourth-order valence-corrected chi connectivity index (χ4v) is 2.27. The second-order valence-electron chi connectivity index (χ2n) is 5.87. The van der Waals surface area contributed by atoms with Crippen LogP contribution in [0, 0.1) is 0 Å². The highest BCUT2D eigenvalue weighted by atomic mass is 16.5. The quantitative estimate of drug-likeness (QED) is 0.319. The predicted octanol–water partition coefficient (Wildman–Crippen LogP) is 2.67. The number of nitrogens with zero attached hydrogens (tertiary/aromatic N) is 1. The van der Waals surface area contributed by atoms with E-state index in [1.54, 1.807) is 31.4 Å². The summed E-state index contributed by atoms with van der Waals surface area (Å²) in [5.74, 6) is 0.342. The maximum absolute atomic E-state index is 11.9. The van der Waals surface area contributed by atoms with Crippen LogP contribution >= 0.6 is 0 Å². The van der Waals surface area contributed by atoms with Crippen LogP contribution in [-0.2, 0) is 0 Å². The molecule has 0 atom stereocenters.